The Kier molecular flexibility index (Phi) is 6.25. The number of aryl methyl sites for hydroxylation is 1. The summed E-state index contributed by atoms with van der Waals surface area (Å²) in [7, 11) is 0. The molecule has 2 saturated heterocycles. The van der Waals surface area contributed by atoms with Crippen LogP contribution in [0, 0.1) is 12.3 Å². The van der Waals surface area contributed by atoms with Gasteiger partial charge in [0.25, 0.3) is 0 Å². The molecule has 1 aromatic carbocycles. The van der Waals surface area contributed by atoms with Crippen molar-refractivity contribution in [3.63, 3.8) is 0 Å². The van der Waals surface area contributed by atoms with E-state index in [1.54, 1.807) is 6.92 Å². The molecule has 2 aliphatic heterocycles. The van der Waals surface area contributed by atoms with E-state index in [2.05, 4.69) is 41.2 Å². The Balaban J connectivity index is 1.57. The second-order valence-electron chi connectivity index (χ2n) is 9.18. The van der Waals surface area contributed by atoms with Gasteiger partial charge in [-0.25, -0.2) is 4.98 Å². The Morgan fingerprint density at radius 2 is 1.97 bits per heavy atom. The number of amidine groups is 1. The molecule has 0 saturated carbocycles. The Morgan fingerprint density at radius 1 is 1.26 bits per heavy atom. The van der Waals surface area contributed by atoms with E-state index in [9.17, 15) is 0 Å². The first-order valence-corrected chi connectivity index (χ1v) is 11.2. The van der Waals surface area contributed by atoms with Gasteiger partial charge in [-0.3, -0.25) is 5.41 Å². The molecular weight excluding hydrogens is 390 g/mol. The van der Waals surface area contributed by atoms with E-state index in [1.165, 1.54) is 0 Å². The number of pyridine rings is 1. The van der Waals surface area contributed by atoms with Gasteiger partial charge in [-0.1, -0.05) is 11.6 Å². The summed E-state index contributed by atoms with van der Waals surface area (Å²) in [6.07, 6.45) is 4.20. The van der Waals surface area contributed by atoms with Crippen molar-refractivity contribution in [2.75, 3.05) is 31.2 Å². The smallest absolute Gasteiger partial charge is 0.369 e. The predicted molar refractivity (Wildman–Crippen MR) is 127 cm³/mol. The molecule has 0 radical (unpaired) electrons. The van der Waals surface area contributed by atoms with Crippen molar-refractivity contribution in [2.45, 2.75) is 58.0 Å². The van der Waals surface area contributed by atoms with Crippen molar-refractivity contribution in [1.29, 1.82) is 5.41 Å². The molecule has 4 N–H and O–H groups in total. The van der Waals surface area contributed by atoms with E-state index in [0.29, 0.717) is 11.6 Å². The van der Waals surface area contributed by atoms with Crippen LogP contribution in [-0.2, 0) is 4.74 Å². The van der Waals surface area contributed by atoms with Gasteiger partial charge in [-0.05, 0) is 64.7 Å². The van der Waals surface area contributed by atoms with Crippen LogP contribution in [-0.4, -0.2) is 59.7 Å². The van der Waals surface area contributed by atoms with Crippen LogP contribution in [0.5, 0.6) is 0 Å². The van der Waals surface area contributed by atoms with Gasteiger partial charge in [0.15, 0.2) is 0 Å². The fraction of sp³-hybridized carbons (Fsp3) is 0.542. The number of ether oxygens (including phenoxy) is 1. The lowest BCUT2D eigenvalue weighted by Crippen LogP contribution is -2.54. The first-order chi connectivity index (χ1) is 14.8. The van der Waals surface area contributed by atoms with E-state index >= 15 is 0 Å². The molecule has 0 spiro atoms. The number of nitrogens with zero attached hydrogens (tertiary/aromatic N) is 3. The number of hydrogen-bond donors (Lipinski definition) is 2. The van der Waals surface area contributed by atoms with E-state index < -0.39 is 0 Å². The maximum Gasteiger partial charge on any atom is 0.369 e. The molecule has 0 aliphatic carbocycles. The Labute approximate surface area is 184 Å². The van der Waals surface area contributed by atoms with Crippen molar-refractivity contribution in [3.8, 4) is 0 Å². The zero-order chi connectivity index (χ0) is 22.0. The minimum Gasteiger partial charge on any atom is -0.578 e. The Bertz CT molecular complexity index is 989. The third kappa shape index (κ3) is 5.05. The monoisotopic (exact) mass is 424 g/mol. The molecule has 2 fully saturated rings. The van der Waals surface area contributed by atoms with Gasteiger partial charge in [0.05, 0.1) is 5.52 Å². The summed E-state index contributed by atoms with van der Waals surface area (Å²) in [6.45, 7) is 9.42. The van der Waals surface area contributed by atoms with Crippen LogP contribution in [0.1, 0.15) is 50.7 Å². The zero-order valence-electron chi connectivity index (χ0n) is 18.8. The molecule has 1 aromatic heterocycles. The van der Waals surface area contributed by atoms with Crippen molar-refractivity contribution in [1.82, 2.24) is 10.3 Å². The van der Waals surface area contributed by atoms with Crippen LogP contribution in [0.4, 0.5) is 5.82 Å². The van der Waals surface area contributed by atoms with Crippen molar-refractivity contribution in [3.05, 3.63) is 35.4 Å². The number of benzene rings is 1. The zero-order valence-corrected chi connectivity index (χ0v) is 18.8. The van der Waals surface area contributed by atoms with Gasteiger partial charge in [-0.2, -0.15) is 4.99 Å². The van der Waals surface area contributed by atoms with Crippen molar-refractivity contribution in [2.24, 2.45) is 4.99 Å². The highest BCUT2D eigenvalue weighted by Crippen LogP contribution is 2.29. The highest BCUT2D eigenvalue weighted by Gasteiger charge is 2.32. The standard InChI is InChI=1S/C24H33N5O2/c1-16-4-5-21-18(14-16)15-20(23(30)26-17(2)25)22(27-21)29-10-6-19(7-11-29)28-24(3)8-12-31-13-9-24/h4-5,14-15,19,28H,6-13H2,1-3H3,(H2,25,26,30)/p+1. The fourth-order valence-corrected chi connectivity index (χ4v) is 4.62. The summed E-state index contributed by atoms with van der Waals surface area (Å²) in [6, 6.07) is 8.69. The summed E-state index contributed by atoms with van der Waals surface area (Å²) >= 11 is 0. The summed E-state index contributed by atoms with van der Waals surface area (Å²) in [5.74, 6) is 1.04. The second kappa shape index (κ2) is 8.93. The molecule has 0 atom stereocenters. The fourth-order valence-electron chi connectivity index (χ4n) is 4.62. The second-order valence-corrected chi connectivity index (χ2v) is 9.18. The largest absolute Gasteiger partial charge is 0.578 e. The van der Waals surface area contributed by atoms with Gasteiger partial charge in [0.2, 0.25) is 0 Å². The first-order valence-electron chi connectivity index (χ1n) is 11.2. The minimum atomic E-state index is 0.105. The quantitative estimate of drug-likeness (QED) is 0.448. The molecule has 0 amide bonds. The molecule has 7 nitrogen and oxygen atoms in total. The lowest BCUT2D eigenvalue weighted by Gasteiger charge is -2.41. The molecule has 0 bridgehead atoms. The highest BCUT2D eigenvalue weighted by atomic mass is 16.5. The van der Waals surface area contributed by atoms with Crippen LogP contribution in [0.25, 0.3) is 10.9 Å². The number of hydrogen-bond acceptors (Lipinski definition) is 5. The third-order valence-corrected chi connectivity index (χ3v) is 6.43. The molecular formula is C24H34N5O2+. The van der Waals surface area contributed by atoms with Gasteiger partial charge < -0.3 is 20.1 Å². The summed E-state index contributed by atoms with van der Waals surface area (Å²) in [5.41, 5.74) is 2.96. The van der Waals surface area contributed by atoms with Gasteiger partial charge in [0, 0.05) is 43.3 Å². The van der Waals surface area contributed by atoms with Crippen LogP contribution >= 0.6 is 0 Å². The predicted octanol–water partition coefficient (Wildman–Crippen LogP) is 3.14. The first kappa shape index (κ1) is 21.7. The Hall–Kier alpha value is -2.51. The van der Waals surface area contributed by atoms with Crippen LogP contribution < -0.4 is 10.2 Å². The third-order valence-electron chi connectivity index (χ3n) is 6.43. The van der Waals surface area contributed by atoms with E-state index in [4.69, 9.17) is 20.2 Å². The molecule has 4 rings (SSSR count). The average Bonchev–Trinajstić information content (AvgIpc) is 2.73. The number of anilines is 1. The molecule has 3 heterocycles. The molecule has 2 aliphatic rings. The van der Waals surface area contributed by atoms with E-state index in [-0.39, 0.29) is 17.3 Å². The maximum atomic E-state index is 8.49. The van der Waals surface area contributed by atoms with E-state index in [1.807, 2.05) is 12.1 Å². The number of fused-ring (bicyclic) bond motifs is 1. The average molecular weight is 425 g/mol. The maximum absolute atomic E-state index is 8.49. The number of piperidine rings is 1. The SMILES string of the molecule is CC(=N)N=C([OH2+])c1cc2cc(C)ccc2nc1N1CCC(NC2(C)CCOCC2)CC1. The molecule has 7 heteroatoms. The van der Waals surface area contributed by atoms with Gasteiger partial charge in [-0.15, -0.1) is 0 Å². The number of aliphatic imine (C=N–C) groups is 1. The van der Waals surface area contributed by atoms with Crippen LogP contribution in [0.2, 0.25) is 0 Å². The topological polar surface area (TPSA) is 96.5 Å². The number of aromatic nitrogens is 1. The normalized spacial score (nSPS) is 20.2. The van der Waals surface area contributed by atoms with E-state index in [0.717, 1.165) is 74.3 Å². The van der Waals surface area contributed by atoms with Gasteiger partial charge in [0.1, 0.15) is 17.2 Å². The highest BCUT2D eigenvalue weighted by molar-refractivity contribution is 6.05. The van der Waals surface area contributed by atoms with Gasteiger partial charge >= 0.3 is 5.90 Å². The lowest BCUT2D eigenvalue weighted by atomic mass is 9.90. The van der Waals surface area contributed by atoms with Crippen LogP contribution in [0.15, 0.2) is 29.3 Å². The minimum absolute atomic E-state index is 0.105. The molecule has 166 valence electrons. The Morgan fingerprint density at radius 3 is 2.65 bits per heavy atom. The lowest BCUT2D eigenvalue weighted by molar-refractivity contribution is 0.0391. The number of rotatable bonds is 4. The van der Waals surface area contributed by atoms with Crippen LogP contribution in [0.3, 0.4) is 0 Å². The summed E-state index contributed by atoms with van der Waals surface area (Å²) < 4.78 is 5.53. The molecule has 31 heavy (non-hydrogen) atoms. The molecule has 0 unspecified atom stereocenters. The summed E-state index contributed by atoms with van der Waals surface area (Å²) in [4.78, 5) is 11.3. The van der Waals surface area contributed by atoms with Crippen molar-refractivity contribution < 1.29 is 9.84 Å². The molecule has 2 aromatic rings. The van der Waals surface area contributed by atoms with Crippen molar-refractivity contribution >= 4 is 28.5 Å². The summed E-state index contributed by atoms with van der Waals surface area (Å²) in [5, 5.41) is 21.1. The number of nitrogens with one attached hydrogen (secondary N) is 2.